The van der Waals surface area contributed by atoms with Crippen LogP contribution in [0, 0.1) is 11.7 Å². The third-order valence-corrected chi connectivity index (χ3v) is 5.34. The number of hydrogen-bond donors (Lipinski definition) is 0. The summed E-state index contributed by atoms with van der Waals surface area (Å²) in [5.74, 6) is -1.81. The van der Waals surface area contributed by atoms with Crippen molar-refractivity contribution in [3.05, 3.63) is 30.1 Å². The lowest BCUT2D eigenvalue weighted by molar-refractivity contribution is -0.292. The third kappa shape index (κ3) is 3.06. The maximum atomic E-state index is 14.3. The summed E-state index contributed by atoms with van der Waals surface area (Å²) < 4.78 is 46.6. The van der Waals surface area contributed by atoms with E-state index in [-0.39, 0.29) is 36.9 Å². The van der Waals surface area contributed by atoms with Crippen LogP contribution in [-0.4, -0.2) is 48.1 Å². The minimum Gasteiger partial charge on any atom is -0.342 e. The summed E-state index contributed by atoms with van der Waals surface area (Å²) in [5, 5.41) is 0. The smallest absolute Gasteiger partial charge is 0.342 e. The molecule has 1 spiro atoms. The van der Waals surface area contributed by atoms with Crippen LogP contribution < -0.4 is 4.90 Å². The Morgan fingerprint density at radius 1 is 1.12 bits per heavy atom. The molecule has 0 atom stereocenters. The van der Waals surface area contributed by atoms with Crippen molar-refractivity contribution in [2.75, 3.05) is 24.5 Å². The minimum absolute atomic E-state index is 0.0431. The van der Waals surface area contributed by atoms with E-state index in [9.17, 15) is 22.8 Å². The van der Waals surface area contributed by atoms with E-state index < -0.39 is 23.4 Å². The van der Waals surface area contributed by atoms with Crippen LogP contribution in [0.3, 0.4) is 0 Å². The van der Waals surface area contributed by atoms with E-state index in [0.717, 1.165) is 29.9 Å². The van der Waals surface area contributed by atoms with E-state index in [2.05, 4.69) is 0 Å². The SMILES string of the molecule is O=C(C1CC1)N1CCC2(CC1)CN(c1ccc(F)cc1)C(=O)C(F)(F)O2. The molecule has 1 saturated carbocycles. The second kappa shape index (κ2) is 5.97. The van der Waals surface area contributed by atoms with Crippen molar-refractivity contribution in [1.29, 1.82) is 0 Å². The number of rotatable bonds is 2. The molecule has 2 aliphatic heterocycles. The number of hydrogen-bond acceptors (Lipinski definition) is 3. The van der Waals surface area contributed by atoms with Crippen LogP contribution in [0.1, 0.15) is 25.7 Å². The fourth-order valence-electron chi connectivity index (χ4n) is 3.68. The van der Waals surface area contributed by atoms with E-state index in [1.54, 1.807) is 4.90 Å². The van der Waals surface area contributed by atoms with Gasteiger partial charge in [-0.3, -0.25) is 9.59 Å². The first-order valence-electron chi connectivity index (χ1n) is 8.74. The molecule has 2 heterocycles. The van der Waals surface area contributed by atoms with Gasteiger partial charge in [-0.15, -0.1) is 0 Å². The van der Waals surface area contributed by atoms with Crippen LogP contribution in [0.4, 0.5) is 18.9 Å². The quantitative estimate of drug-likeness (QED) is 0.806. The van der Waals surface area contributed by atoms with E-state index in [4.69, 9.17) is 4.74 Å². The Morgan fingerprint density at radius 2 is 1.73 bits per heavy atom. The molecule has 0 N–H and O–H groups in total. The monoisotopic (exact) mass is 368 g/mol. The van der Waals surface area contributed by atoms with Crippen molar-refractivity contribution in [1.82, 2.24) is 4.90 Å². The maximum Gasteiger partial charge on any atom is 0.437 e. The van der Waals surface area contributed by atoms with Crippen LogP contribution >= 0.6 is 0 Å². The number of alkyl halides is 2. The third-order valence-electron chi connectivity index (χ3n) is 5.34. The summed E-state index contributed by atoms with van der Waals surface area (Å²) in [6, 6.07) is 4.85. The highest BCUT2D eigenvalue weighted by Gasteiger charge is 2.57. The number of piperidine rings is 1. The van der Waals surface area contributed by atoms with Crippen LogP contribution in [0.15, 0.2) is 24.3 Å². The van der Waals surface area contributed by atoms with Gasteiger partial charge in [0.25, 0.3) is 0 Å². The van der Waals surface area contributed by atoms with Crippen molar-refractivity contribution in [3.63, 3.8) is 0 Å². The summed E-state index contributed by atoms with van der Waals surface area (Å²) in [4.78, 5) is 26.9. The Bertz CT molecular complexity index is 726. The van der Waals surface area contributed by atoms with Gasteiger partial charge in [0.15, 0.2) is 0 Å². The average molecular weight is 368 g/mol. The molecule has 3 fully saturated rings. The molecule has 0 aromatic heterocycles. The molecule has 26 heavy (non-hydrogen) atoms. The first-order chi connectivity index (χ1) is 12.3. The van der Waals surface area contributed by atoms with Gasteiger partial charge in [0, 0.05) is 24.7 Å². The van der Waals surface area contributed by atoms with Gasteiger partial charge in [0.05, 0.1) is 12.1 Å². The van der Waals surface area contributed by atoms with Gasteiger partial charge in [-0.25, -0.2) is 4.39 Å². The molecule has 1 aromatic carbocycles. The van der Waals surface area contributed by atoms with Crippen molar-refractivity contribution in [3.8, 4) is 0 Å². The second-order valence-corrected chi connectivity index (χ2v) is 7.27. The highest BCUT2D eigenvalue weighted by molar-refractivity contribution is 5.98. The summed E-state index contributed by atoms with van der Waals surface area (Å²) in [6.07, 6.45) is -1.71. The molecule has 2 saturated heterocycles. The zero-order chi connectivity index (χ0) is 18.5. The molecule has 2 amide bonds. The standard InChI is InChI=1S/C18H19F3N2O3/c19-13-3-5-14(6-4-13)23-11-17(26-18(20,21)16(23)25)7-9-22(10-8-17)15(24)12-1-2-12/h3-6,12H,1-2,7-11H2. The number of amides is 2. The first-order valence-corrected chi connectivity index (χ1v) is 8.74. The second-order valence-electron chi connectivity index (χ2n) is 7.27. The van der Waals surface area contributed by atoms with Crippen LogP contribution in [0.5, 0.6) is 0 Å². The topological polar surface area (TPSA) is 49.9 Å². The predicted octanol–water partition coefficient (Wildman–Crippen LogP) is 2.55. The molecule has 3 aliphatic rings. The number of likely N-dealkylation sites (tertiary alicyclic amines) is 1. The Balaban J connectivity index is 1.54. The number of morpholine rings is 1. The predicted molar refractivity (Wildman–Crippen MR) is 86.1 cm³/mol. The molecule has 0 radical (unpaired) electrons. The molecule has 140 valence electrons. The Kier molecular flexibility index (Phi) is 3.98. The van der Waals surface area contributed by atoms with Gasteiger partial charge in [-0.05, 0) is 49.9 Å². The zero-order valence-electron chi connectivity index (χ0n) is 14.1. The van der Waals surface area contributed by atoms with E-state index in [0.29, 0.717) is 13.1 Å². The van der Waals surface area contributed by atoms with Gasteiger partial charge in [0.1, 0.15) is 5.82 Å². The lowest BCUT2D eigenvalue weighted by Crippen LogP contribution is -2.65. The largest absolute Gasteiger partial charge is 0.437 e. The number of carbonyl (C=O) groups excluding carboxylic acids is 2. The van der Waals surface area contributed by atoms with Crippen molar-refractivity contribution in [2.24, 2.45) is 5.92 Å². The summed E-state index contributed by atoms with van der Waals surface area (Å²) in [6.45, 7) is 0.617. The molecular formula is C18H19F3N2O3. The molecule has 1 aromatic rings. The lowest BCUT2D eigenvalue weighted by Gasteiger charge is -2.48. The molecule has 4 rings (SSSR count). The van der Waals surface area contributed by atoms with E-state index in [1.807, 2.05) is 0 Å². The summed E-state index contributed by atoms with van der Waals surface area (Å²) in [7, 11) is 0. The molecule has 0 bridgehead atoms. The molecule has 8 heteroatoms. The van der Waals surface area contributed by atoms with Gasteiger partial charge in [-0.1, -0.05) is 0 Å². The molecule has 1 aliphatic carbocycles. The number of halogens is 3. The summed E-state index contributed by atoms with van der Waals surface area (Å²) >= 11 is 0. The lowest BCUT2D eigenvalue weighted by atomic mass is 9.88. The number of anilines is 1. The number of nitrogens with zero attached hydrogens (tertiary/aromatic N) is 2. The maximum absolute atomic E-state index is 14.3. The van der Waals surface area contributed by atoms with Gasteiger partial charge in [-0.2, -0.15) is 8.78 Å². The number of carbonyl (C=O) groups is 2. The fraction of sp³-hybridized carbons (Fsp3) is 0.556. The van der Waals surface area contributed by atoms with Crippen molar-refractivity contribution in [2.45, 2.75) is 37.4 Å². The van der Waals surface area contributed by atoms with Crippen molar-refractivity contribution < 1.29 is 27.5 Å². The molecule has 0 unspecified atom stereocenters. The minimum atomic E-state index is -3.95. The number of ether oxygens (including phenoxy) is 1. The van der Waals surface area contributed by atoms with Gasteiger partial charge >= 0.3 is 12.0 Å². The number of benzene rings is 1. The normalized spacial score (nSPS) is 24.8. The Labute approximate surface area is 148 Å². The molecule has 5 nitrogen and oxygen atoms in total. The zero-order valence-corrected chi connectivity index (χ0v) is 14.1. The average Bonchev–Trinajstić information content (AvgIpc) is 3.44. The van der Waals surface area contributed by atoms with Crippen LogP contribution in [0.2, 0.25) is 0 Å². The Morgan fingerprint density at radius 3 is 2.31 bits per heavy atom. The van der Waals surface area contributed by atoms with Gasteiger partial charge in [0.2, 0.25) is 5.91 Å². The summed E-state index contributed by atoms with van der Waals surface area (Å²) in [5.41, 5.74) is -1.01. The first kappa shape index (κ1) is 17.3. The van der Waals surface area contributed by atoms with E-state index in [1.165, 1.54) is 12.1 Å². The highest BCUT2D eigenvalue weighted by Crippen LogP contribution is 2.41. The fourth-order valence-corrected chi connectivity index (χ4v) is 3.68. The van der Waals surface area contributed by atoms with Crippen LogP contribution in [-0.2, 0) is 14.3 Å². The van der Waals surface area contributed by atoms with E-state index >= 15 is 0 Å². The Hall–Kier alpha value is -2.09. The molecular weight excluding hydrogens is 349 g/mol. The van der Waals surface area contributed by atoms with Crippen molar-refractivity contribution >= 4 is 17.5 Å². The van der Waals surface area contributed by atoms with Gasteiger partial charge < -0.3 is 14.5 Å². The van der Waals surface area contributed by atoms with Crippen LogP contribution in [0.25, 0.3) is 0 Å². The highest BCUT2D eigenvalue weighted by atomic mass is 19.3.